The number of hydrogen-bond donors (Lipinski definition) is 2. The van der Waals surface area contributed by atoms with Crippen molar-refractivity contribution in [3.8, 4) is 0 Å². The quantitative estimate of drug-likeness (QED) is 0.410. The molecular formula is C5H9NO6S. The summed E-state index contributed by atoms with van der Waals surface area (Å²) >= 11 is 0. The third-order valence-electron chi connectivity index (χ3n) is 0.883. The molecule has 0 rings (SSSR count). The van der Waals surface area contributed by atoms with E-state index in [4.69, 9.17) is 10.8 Å². The summed E-state index contributed by atoms with van der Waals surface area (Å²) in [7, 11) is -4.01. The van der Waals surface area contributed by atoms with E-state index in [-0.39, 0.29) is 6.54 Å². The zero-order valence-corrected chi connectivity index (χ0v) is 7.41. The van der Waals surface area contributed by atoms with Crippen LogP contribution in [0.2, 0.25) is 0 Å². The van der Waals surface area contributed by atoms with Gasteiger partial charge in [-0.15, -0.1) is 0 Å². The van der Waals surface area contributed by atoms with E-state index in [2.05, 4.69) is 4.18 Å². The number of carboxylic acid groups (broad SMARTS) is 1. The first-order chi connectivity index (χ1) is 5.87. The third-order valence-corrected chi connectivity index (χ3v) is 2.06. The maximum atomic E-state index is 10.7. The Balaban J connectivity index is 4.13. The lowest BCUT2D eigenvalue weighted by molar-refractivity contribution is -0.145. The molecule has 0 spiro atoms. The third kappa shape index (κ3) is 6.05. The molecule has 0 heterocycles. The minimum Gasteiger partial charge on any atom is -0.481 e. The fourth-order valence-corrected chi connectivity index (χ4v) is 1.19. The van der Waals surface area contributed by atoms with Crippen LogP contribution in [-0.2, 0) is 23.9 Å². The first kappa shape index (κ1) is 11.8. The number of rotatable bonds is 5. The molecule has 0 aromatic carbocycles. The number of carbonyl (C=O) groups is 2. The number of carboxylic acids is 1. The molecular weight excluding hydrogens is 202 g/mol. The molecule has 0 aliphatic carbocycles. The van der Waals surface area contributed by atoms with Crippen molar-refractivity contribution in [2.24, 2.45) is 5.73 Å². The van der Waals surface area contributed by atoms with E-state index < -0.39 is 34.2 Å². The fraction of sp³-hybridized carbons (Fsp3) is 0.600. The molecule has 0 aliphatic heterocycles. The van der Waals surface area contributed by atoms with Gasteiger partial charge in [-0.25, -0.2) is 0 Å². The summed E-state index contributed by atoms with van der Waals surface area (Å²) in [4.78, 5) is 20.5. The Kier molecular flexibility index (Phi) is 4.35. The molecule has 0 fully saturated rings. The Bertz CT molecular complexity index is 294. The summed E-state index contributed by atoms with van der Waals surface area (Å²) in [5, 5.41) is 8.09. The average Bonchev–Trinajstić information content (AvgIpc) is 1.81. The number of hydrogen-bond acceptors (Lipinski definition) is 6. The van der Waals surface area contributed by atoms with Gasteiger partial charge in [-0.1, -0.05) is 0 Å². The SMILES string of the molecule is NCCS(=O)(=O)OC(=O)CC(=O)O. The number of aliphatic carboxylic acids is 1. The van der Waals surface area contributed by atoms with Gasteiger partial charge in [-0.05, 0) is 0 Å². The molecule has 7 nitrogen and oxygen atoms in total. The Morgan fingerprint density at radius 1 is 1.38 bits per heavy atom. The molecule has 8 heteroatoms. The first-order valence-electron chi connectivity index (χ1n) is 3.24. The summed E-state index contributed by atoms with van der Waals surface area (Å²) in [5.74, 6) is -3.29. The number of carbonyl (C=O) groups excluding carboxylic acids is 1. The van der Waals surface area contributed by atoms with Gasteiger partial charge in [-0.3, -0.25) is 9.59 Å². The van der Waals surface area contributed by atoms with Crippen LogP contribution in [0.1, 0.15) is 6.42 Å². The van der Waals surface area contributed by atoms with Crippen LogP contribution in [0.4, 0.5) is 0 Å². The fourth-order valence-electron chi connectivity index (χ4n) is 0.481. The van der Waals surface area contributed by atoms with E-state index >= 15 is 0 Å². The van der Waals surface area contributed by atoms with Crippen LogP contribution in [-0.4, -0.2) is 37.8 Å². The molecule has 0 radical (unpaired) electrons. The van der Waals surface area contributed by atoms with Crippen LogP contribution in [0, 0.1) is 0 Å². The van der Waals surface area contributed by atoms with Crippen LogP contribution in [0.25, 0.3) is 0 Å². The Hall–Kier alpha value is -1.15. The predicted molar refractivity (Wildman–Crippen MR) is 41.2 cm³/mol. The summed E-state index contributed by atoms with van der Waals surface area (Å²) < 4.78 is 25.3. The van der Waals surface area contributed by atoms with E-state index in [0.717, 1.165) is 0 Å². The van der Waals surface area contributed by atoms with Crippen molar-refractivity contribution in [2.75, 3.05) is 12.3 Å². The lowest BCUT2D eigenvalue weighted by Gasteiger charge is -2.01. The molecule has 0 amide bonds. The zero-order valence-electron chi connectivity index (χ0n) is 6.60. The Labute approximate surface area is 74.6 Å². The molecule has 0 aliphatic rings. The van der Waals surface area contributed by atoms with Crippen LogP contribution < -0.4 is 5.73 Å². The summed E-state index contributed by atoms with van der Waals surface area (Å²) in [6.07, 6.45) is -0.982. The minimum absolute atomic E-state index is 0.192. The Morgan fingerprint density at radius 2 is 1.92 bits per heavy atom. The van der Waals surface area contributed by atoms with Gasteiger partial charge >= 0.3 is 22.1 Å². The monoisotopic (exact) mass is 211 g/mol. The lowest BCUT2D eigenvalue weighted by Crippen LogP contribution is -2.22. The van der Waals surface area contributed by atoms with Crippen molar-refractivity contribution in [3.63, 3.8) is 0 Å². The highest BCUT2D eigenvalue weighted by Gasteiger charge is 2.18. The molecule has 0 unspecified atom stereocenters. The highest BCUT2D eigenvalue weighted by molar-refractivity contribution is 7.87. The van der Waals surface area contributed by atoms with Crippen molar-refractivity contribution >= 4 is 22.1 Å². The molecule has 3 N–H and O–H groups in total. The van der Waals surface area contributed by atoms with Gasteiger partial charge in [0.1, 0.15) is 6.42 Å². The zero-order chi connectivity index (χ0) is 10.5. The topological polar surface area (TPSA) is 124 Å². The molecule has 13 heavy (non-hydrogen) atoms. The van der Waals surface area contributed by atoms with Crippen molar-refractivity contribution in [1.82, 2.24) is 0 Å². The smallest absolute Gasteiger partial charge is 0.333 e. The predicted octanol–water partition coefficient (Wildman–Crippen LogP) is -1.71. The van der Waals surface area contributed by atoms with Crippen LogP contribution in [0.5, 0.6) is 0 Å². The second-order valence-electron chi connectivity index (χ2n) is 2.08. The second-order valence-corrected chi connectivity index (χ2v) is 3.77. The van der Waals surface area contributed by atoms with E-state index in [1.807, 2.05) is 0 Å². The van der Waals surface area contributed by atoms with Crippen LogP contribution in [0.15, 0.2) is 0 Å². The van der Waals surface area contributed by atoms with Gasteiger partial charge in [-0.2, -0.15) is 8.42 Å². The Morgan fingerprint density at radius 3 is 2.31 bits per heavy atom. The van der Waals surface area contributed by atoms with Gasteiger partial charge in [0.2, 0.25) is 0 Å². The standard InChI is InChI=1S/C5H9NO6S/c6-1-2-13(10,11)12-5(9)3-4(7)8/h1-3,6H2,(H,7,8). The molecule has 0 saturated heterocycles. The summed E-state index contributed by atoms with van der Waals surface area (Å²) in [6, 6.07) is 0. The van der Waals surface area contributed by atoms with Crippen molar-refractivity contribution in [1.29, 1.82) is 0 Å². The van der Waals surface area contributed by atoms with Crippen molar-refractivity contribution < 1.29 is 27.3 Å². The van der Waals surface area contributed by atoms with Crippen molar-refractivity contribution in [3.05, 3.63) is 0 Å². The average molecular weight is 211 g/mol. The molecule has 76 valence electrons. The molecule has 0 bridgehead atoms. The minimum atomic E-state index is -4.01. The van der Waals surface area contributed by atoms with Gasteiger partial charge in [0, 0.05) is 6.54 Å². The normalized spacial score (nSPS) is 10.8. The van der Waals surface area contributed by atoms with E-state index in [1.165, 1.54) is 0 Å². The van der Waals surface area contributed by atoms with E-state index in [9.17, 15) is 18.0 Å². The maximum absolute atomic E-state index is 10.7. The highest BCUT2D eigenvalue weighted by Crippen LogP contribution is 1.95. The van der Waals surface area contributed by atoms with Crippen LogP contribution in [0.3, 0.4) is 0 Å². The lowest BCUT2D eigenvalue weighted by atomic mass is 10.5. The largest absolute Gasteiger partial charge is 0.481 e. The highest BCUT2D eigenvalue weighted by atomic mass is 32.2. The summed E-state index contributed by atoms with van der Waals surface area (Å²) in [5.41, 5.74) is 4.90. The second kappa shape index (κ2) is 4.77. The molecule has 0 aromatic heterocycles. The van der Waals surface area contributed by atoms with Gasteiger partial charge in [0.15, 0.2) is 0 Å². The molecule has 0 aromatic rings. The van der Waals surface area contributed by atoms with E-state index in [0.29, 0.717) is 0 Å². The van der Waals surface area contributed by atoms with Gasteiger partial charge in [0.25, 0.3) is 0 Å². The van der Waals surface area contributed by atoms with Gasteiger partial charge in [0.05, 0.1) is 5.75 Å². The first-order valence-corrected chi connectivity index (χ1v) is 4.82. The van der Waals surface area contributed by atoms with Crippen molar-refractivity contribution in [2.45, 2.75) is 6.42 Å². The molecule has 0 atom stereocenters. The molecule has 0 saturated carbocycles. The van der Waals surface area contributed by atoms with Gasteiger partial charge < -0.3 is 15.0 Å². The maximum Gasteiger partial charge on any atom is 0.333 e. The number of nitrogens with two attached hydrogens (primary N) is 1. The summed E-state index contributed by atoms with van der Waals surface area (Å²) in [6.45, 7) is -0.192. The van der Waals surface area contributed by atoms with Crippen LogP contribution >= 0.6 is 0 Å². The van der Waals surface area contributed by atoms with E-state index in [1.54, 1.807) is 0 Å².